The summed E-state index contributed by atoms with van der Waals surface area (Å²) in [5.74, 6) is 0.297. The molecule has 3 aromatic carbocycles. The molecule has 5 aromatic rings. The summed E-state index contributed by atoms with van der Waals surface area (Å²) in [7, 11) is 1.54. The fourth-order valence-electron chi connectivity index (χ4n) is 7.58. The van der Waals surface area contributed by atoms with Crippen molar-refractivity contribution in [3.05, 3.63) is 84.7 Å². The molecule has 0 radical (unpaired) electrons. The lowest BCUT2D eigenvalue weighted by molar-refractivity contribution is -0.170. The largest absolute Gasteiger partial charge is 0.445 e. The zero-order chi connectivity index (χ0) is 35.1. The topological polar surface area (TPSA) is 146 Å². The quantitative estimate of drug-likeness (QED) is 0.132. The number of alkyl carbamates (subject to hydrolysis) is 1. The number of nitrogens with zero attached hydrogens (tertiary/aromatic N) is 3. The van der Waals surface area contributed by atoms with Gasteiger partial charge in [0, 0.05) is 25.6 Å². The molecule has 0 aliphatic carbocycles. The maximum absolute atomic E-state index is 12.4. The third-order valence-electron chi connectivity index (χ3n) is 10.3. The van der Waals surface area contributed by atoms with E-state index in [1.54, 1.807) is 6.92 Å². The number of hydrogen-bond acceptors (Lipinski definition) is 9. The van der Waals surface area contributed by atoms with E-state index in [0.717, 1.165) is 58.3 Å². The lowest BCUT2D eigenvalue weighted by Gasteiger charge is -2.27. The molecule has 1 spiro atoms. The van der Waals surface area contributed by atoms with Crippen molar-refractivity contribution in [2.24, 2.45) is 0 Å². The van der Waals surface area contributed by atoms with E-state index in [2.05, 4.69) is 91.1 Å². The number of amides is 1. The van der Waals surface area contributed by atoms with Gasteiger partial charge in [-0.05, 0) is 72.3 Å². The number of aromatic nitrogens is 4. The Labute approximate surface area is 296 Å². The maximum atomic E-state index is 12.4. The lowest BCUT2D eigenvalue weighted by Crippen LogP contribution is -2.40. The fraction of sp³-hybridized carbons (Fsp3) is 0.385. The van der Waals surface area contributed by atoms with Crippen molar-refractivity contribution in [3.8, 4) is 33.6 Å². The van der Waals surface area contributed by atoms with Crippen LogP contribution in [0.25, 0.3) is 44.4 Å². The summed E-state index contributed by atoms with van der Waals surface area (Å²) in [5, 5.41) is 8.38. The highest BCUT2D eigenvalue weighted by Crippen LogP contribution is 2.44. The summed E-state index contributed by atoms with van der Waals surface area (Å²) in [4.78, 5) is 42.9. The van der Waals surface area contributed by atoms with Crippen LogP contribution in [0.1, 0.15) is 63.3 Å². The van der Waals surface area contributed by atoms with Crippen molar-refractivity contribution in [1.29, 1.82) is 0 Å². The van der Waals surface area contributed by atoms with Crippen LogP contribution >= 0.6 is 0 Å². The van der Waals surface area contributed by atoms with Crippen molar-refractivity contribution in [1.82, 2.24) is 35.5 Å². The normalized spacial score (nSPS) is 24.0. The van der Waals surface area contributed by atoms with E-state index in [1.165, 1.54) is 24.2 Å². The Morgan fingerprint density at radius 2 is 1.65 bits per heavy atom. The molecule has 0 unspecified atom stereocenters. The number of rotatable bonds is 9. The second-order valence-electron chi connectivity index (χ2n) is 13.8. The highest BCUT2D eigenvalue weighted by atomic mass is 16.8. The van der Waals surface area contributed by atoms with Crippen molar-refractivity contribution in [2.45, 2.75) is 69.6 Å². The lowest BCUT2D eigenvalue weighted by atomic mass is 9.98. The fourth-order valence-corrected chi connectivity index (χ4v) is 7.58. The minimum absolute atomic E-state index is 0.240. The van der Waals surface area contributed by atoms with Crippen LogP contribution in [0.15, 0.2) is 73.1 Å². The van der Waals surface area contributed by atoms with E-state index in [4.69, 9.17) is 19.2 Å². The number of benzene rings is 3. The molecule has 51 heavy (non-hydrogen) atoms. The van der Waals surface area contributed by atoms with E-state index in [9.17, 15) is 9.59 Å². The summed E-state index contributed by atoms with van der Waals surface area (Å²) in [6, 6.07) is 21.6. The minimum atomic E-state index is -1.07. The first-order valence-electron chi connectivity index (χ1n) is 17.8. The van der Waals surface area contributed by atoms with Gasteiger partial charge in [-0.15, -0.1) is 0 Å². The molecule has 5 atom stereocenters. The van der Waals surface area contributed by atoms with Gasteiger partial charge in [-0.25, -0.2) is 19.6 Å². The van der Waals surface area contributed by atoms with Crippen LogP contribution in [-0.4, -0.2) is 81.6 Å². The Balaban J connectivity index is 0.988. The second kappa shape index (κ2) is 13.6. The smallest absolute Gasteiger partial charge is 0.407 e. The van der Waals surface area contributed by atoms with Gasteiger partial charge in [0.25, 0.3) is 0 Å². The number of carbonyl (C=O) groups excluding carboxylic acids is 2. The Morgan fingerprint density at radius 1 is 0.980 bits per heavy atom. The van der Waals surface area contributed by atoms with Crippen LogP contribution in [0.3, 0.4) is 0 Å². The molecule has 0 bridgehead atoms. The van der Waals surface area contributed by atoms with Gasteiger partial charge in [0.15, 0.2) is 6.10 Å². The number of fused-ring (bicyclic) bond motifs is 1. The van der Waals surface area contributed by atoms with Gasteiger partial charge in [0.1, 0.15) is 17.8 Å². The second-order valence-corrected chi connectivity index (χ2v) is 13.8. The van der Waals surface area contributed by atoms with Gasteiger partial charge in [-0.2, -0.15) is 0 Å². The zero-order valence-corrected chi connectivity index (χ0v) is 29.1. The Hall–Kier alpha value is -5.04. The Morgan fingerprint density at radius 3 is 2.33 bits per heavy atom. The van der Waals surface area contributed by atoms with Gasteiger partial charge in [0.2, 0.25) is 5.79 Å². The van der Waals surface area contributed by atoms with Crippen LogP contribution in [-0.2, 0) is 19.0 Å². The maximum Gasteiger partial charge on any atom is 0.407 e. The molecule has 12 nitrogen and oxygen atoms in total. The molecule has 12 heteroatoms. The molecule has 0 saturated carbocycles. The number of H-pyrrole nitrogens is 2. The van der Waals surface area contributed by atoms with Crippen molar-refractivity contribution in [2.75, 3.05) is 26.7 Å². The Bertz CT molecular complexity index is 2050. The molecule has 8 rings (SSSR count). The first-order valence-corrected chi connectivity index (χ1v) is 17.8. The van der Waals surface area contributed by atoms with Crippen LogP contribution in [0, 0.1) is 0 Å². The van der Waals surface area contributed by atoms with Gasteiger partial charge in [-0.3, -0.25) is 4.90 Å². The molecule has 3 fully saturated rings. The third-order valence-corrected chi connectivity index (χ3v) is 10.3. The van der Waals surface area contributed by atoms with Gasteiger partial charge < -0.3 is 34.8 Å². The first-order chi connectivity index (χ1) is 24.8. The highest BCUT2D eigenvalue weighted by Gasteiger charge is 2.55. The zero-order valence-electron chi connectivity index (χ0n) is 29.1. The van der Waals surface area contributed by atoms with Crippen LogP contribution < -0.4 is 10.6 Å². The van der Waals surface area contributed by atoms with Crippen LogP contribution in [0.5, 0.6) is 0 Å². The molecule has 4 N–H and O–H groups in total. The monoisotopic (exact) mass is 689 g/mol. The number of nitrogens with one attached hydrogen (secondary N) is 4. The predicted molar refractivity (Wildman–Crippen MR) is 192 cm³/mol. The number of ether oxygens (including phenoxy) is 3. The van der Waals surface area contributed by atoms with Crippen LogP contribution in [0.2, 0.25) is 0 Å². The van der Waals surface area contributed by atoms with E-state index in [1.807, 2.05) is 19.3 Å². The molecule has 2 aromatic heterocycles. The molecule has 3 aliphatic heterocycles. The number of esters is 1. The number of carbonyl (C=O) groups is 2. The molecule has 264 valence electrons. The van der Waals surface area contributed by atoms with E-state index in [-0.39, 0.29) is 18.1 Å². The Kier molecular flexibility index (Phi) is 8.83. The van der Waals surface area contributed by atoms with E-state index < -0.39 is 18.0 Å². The van der Waals surface area contributed by atoms with Crippen molar-refractivity contribution >= 4 is 22.8 Å². The van der Waals surface area contributed by atoms with Gasteiger partial charge in [0.05, 0.1) is 42.4 Å². The van der Waals surface area contributed by atoms with Crippen LogP contribution in [0.4, 0.5) is 4.79 Å². The summed E-state index contributed by atoms with van der Waals surface area (Å²) in [6.07, 6.45) is 5.61. The summed E-state index contributed by atoms with van der Waals surface area (Å²) >= 11 is 0. The van der Waals surface area contributed by atoms with E-state index >= 15 is 0 Å². The standard InChI is InChI=1S/C39H43N7O5/c1-4-30(49-38(48)40-3)21-46-22-39(50-23(2)37(47)51-39)18-34(46)36-43-19-32(45-36)25-9-7-24(8-10-25)26-11-12-28-17-29(14-13-27(28)16-26)33-20-42-35(44-33)31-6-5-15-41-31/h7-14,16-17,19-20,23,30-31,34,41H,4-6,15,18,21-22H2,1-3H3,(H,40,48)(H,42,44)(H,43,45)/t23-,30-,31-,34-,39-/m0/s1. The van der Waals surface area contributed by atoms with Crippen molar-refractivity contribution in [3.63, 3.8) is 0 Å². The molecular formula is C39H43N7O5. The van der Waals surface area contributed by atoms with E-state index in [0.29, 0.717) is 32.0 Å². The average Bonchev–Trinajstić information content (AvgIpc) is 3.99. The molecule has 5 heterocycles. The molecular weight excluding hydrogens is 646 g/mol. The molecule has 1 amide bonds. The number of aromatic amines is 2. The summed E-state index contributed by atoms with van der Waals surface area (Å²) < 4.78 is 17.4. The number of hydrogen-bond donors (Lipinski definition) is 4. The molecule has 3 saturated heterocycles. The highest BCUT2D eigenvalue weighted by molar-refractivity contribution is 5.90. The van der Waals surface area contributed by atoms with Gasteiger partial charge >= 0.3 is 12.1 Å². The number of likely N-dealkylation sites (tertiary alicyclic amines) is 1. The minimum Gasteiger partial charge on any atom is -0.445 e. The average molecular weight is 690 g/mol. The van der Waals surface area contributed by atoms with Gasteiger partial charge in [-0.1, -0.05) is 55.5 Å². The predicted octanol–water partition coefficient (Wildman–Crippen LogP) is 6.25. The SMILES string of the molecule is CC[C@@H](CN1C[C@]2(C[C@H]1c1ncc(-c3ccc(-c4ccc5cc(-c6cnc([C@@H]7CCCN7)[nH]6)ccc5c4)cc3)[nH]1)OC(=O)[C@H](C)O2)OC(=O)NC. The summed E-state index contributed by atoms with van der Waals surface area (Å²) in [5.41, 5.74) is 6.29. The third kappa shape index (κ3) is 6.62. The van der Waals surface area contributed by atoms with Crippen molar-refractivity contribution < 1.29 is 23.8 Å². The summed E-state index contributed by atoms with van der Waals surface area (Å²) in [6.45, 7) is 5.50. The number of imidazole rings is 2. The first kappa shape index (κ1) is 33.1. The molecule has 3 aliphatic rings.